The van der Waals surface area contributed by atoms with Gasteiger partial charge in [0.15, 0.2) is 0 Å². The molecule has 3 heteroatoms. The molecule has 2 fully saturated rings. The van der Waals surface area contributed by atoms with Gasteiger partial charge in [0.2, 0.25) is 0 Å². The zero-order chi connectivity index (χ0) is 12.0. The van der Waals surface area contributed by atoms with Crippen molar-refractivity contribution in [2.45, 2.75) is 31.3 Å². The molecule has 0 spiro atoms. The summed E-state index contributed by atoms with van der Waals surface area (Å²) < 4.78 is 5.35. The van der Waals surface area contributed by atoms with Crippen LogP contribution >= 0.6 is 11.6 Å². The number of hydrogen-bond donors (Lipinski definition) is 1. The molecule has 0 radical (unpaired) electrons. The zero-order valence-corrected chi connectivity index (χ0v) is 10.7. The summed E-state index contributed by atoms with van der Waals surface area (Å²) in [5.74, 6) is 1.56. The number of ether oxygens (including phenoxy) is 1. The van der Waals surface area contributed by atoms with Crippen LogP contribution in [-0.2, 0) is 5.60 Å². The quantitative estimate of drug-likeness (QED) is 0.875. The molecule has 1 N–H and O–H groups in total. The molecule has 0 amide bonds. The number of hydrogen-bond acceptors (Lipinski definition) is 2. The lowest BCUT2D eigenvalue weighted by atomic mass is 10.0. The Kier molecular flexibility index (Phi) is 2.60. The first-order valence-corrected chi connectivity index (χ1v) is 6.62. The monoisotopic (exact) mass is 252 g/mol. The summed E-state index contributed by atoms with van der Waals surface area (Å²) in [5.41, 5.74) is 0.258. The summed E-state index contributed by atoms with van der Waals surface area (Å²) in [4.78, 5) is 0. The van der Waals surface area contributed by atoms with Crippen molar-refractivity contribution < 1.29 is 9.84 Å². The van der Waals surface area contributed by atoms with Crippen molar-refractivity contribution in [1.82, 2.24) is 0 Å². The topological polar surface area (TPSA) is 29.5 Å². The van der Waals surface area contributed by atoms with Crippen molar-refractivity contribution in [2.24, 2.45) is 11.8 Å². The summed E-state index contributed by atoms with van der Waals surface area (Å²) >= 11 is 5.96. The molecule has 2 aliphatic carbocycles. The molecule has 2 aliphatic rings. The van der Waals surface area contributed by atoms with Crippen molar-refractivity contribution >= 4 is 11.6 Å². The van der Waals surface area contributed by atoms with Gasteiger partial charge in [-0.15, -0.1) is 0 Å². The third-order valence-corrected chi connectivity index (χ3v) is 4.62. The number of benzene rings is 1. The van der Waals surface area contributed by atoms with Gasteiger partial charge in [-0.25, -0.2) is 0 Å². The second kappa shape index (κ2) is 3.89. The van der Waals surface area contributed by atoms with E-state index in [4.69, 9.17) is 16.3 Å². The van der Waals surface area contributed by atoms with Gasteiger partial charge in [0, 0.05) is 10.6 Å². The first-order chi connectivity index (χ1) is 8.17. The van der Waals surface area contributed by atoms with E-state index >= 15 is 0 Å². The van der Waals surface area contributed by atoms with Gasteiger partial charge in [0.05, 0.1) is 12.7 Å². The van der Waals surface area contributed by atoms with Crippen molar-refractivity contribution in [3.8, 4) is 5.75 Å². The Balaban J connectivity index is 1.99. The third-order valence-electron chi connectivity index (χ3n) is 4.38. The van der Waals surface area contributed by atoms with Gasteiger partial charge >= 0.3 is 0 Å². The highest BCUT2D eigenvalue weighted by Gasteiger charge is 2.65. The van der Waals surface area contributed by atoms with Crippen LogP contribution in [0.3, 0.4) is 0 Å². The predicted molar refractivity (Wildman–Crippen MR) is 67.3 cm³/mol. The van der Waals surface area contributed by atoms with Crippen LogP contribution in [0.25, 0.3) is 0 Å². The van der Waals surface area contributed by atoms with Crippen molar-refractivity contribution in [3.05, 3.63) is 28.8 Å². The average Bonchev–Trinajstić information content (AvgIpc) is 2.97. The fourth-order valence-corrected chi connectivity index (χ4v) is 3.65. The van der Waals surface area contributed by atoms with Gasteiger partial charge < -0.3 is 9.84 Å². The van der Waals surface area contributed by atoms with Gasteiger partial charge in [-0.05, 0) is 36.8 Å². The van der Waals surface area contributed by atoms with Crippen molar-refractivity contribution in [1.29, 1.82) is 0 Å². The highest BCUT2D eigenvalue weighted by Crippen LogP contribution is 2.65. The Morgan fingerprint density at radius 2 is 1.94 bits per heavy atom. The molecule has 3 rings (SSSR count). The summed E-state index contributed by atoms with van der Waals surface area (Å²) in [6, 6.07) is 5.54. The summed E-state index contributed by atoms with van der Waals surface area (Å²) in [5, 5.41) is 11.5. The number of fused-ring (bicyclic) bond motifs is 1. The molecular weight excluding hydrogens is 236 g/mol. The Morgan fingerprint density at radius 3 is 2.53 bits per heavy atom. The second-order valence-electron chi connectivity index (χ2n) is 5.17. The van der Waals surface area contributed by atoms with E-state index in [-0.39, 0.29) is 0 Å². The normalized spacial score (nSPS) is 35.2. The fourth-order valence-electron chi connectivity index (χ4n) is 3.49. The van der Waals surface area contributed by atoms with Crippen LogP contribution in [0.4, 0.5) is 0 Å². The smallest absolute Gasteiger partial charge is 0.126 e. The Bertz CT molecular complexity index is 432. The number of methoxy groups -OCH3 is 1. The highest BCUT2D eigenvalue weighted by atomic mass is 35.5. The Labute approximate surface area is 107 Å². The maximum Gasteiger partial charge on any atom is 0.126 e. The van der Waals surface area contributed by atoms with E-state index in [1.54, 1.807) is 13.2 Å². The van der Waals surface area contributed by atoms with E-state index in [0.717, 1.165) is 24.2 Å². The molecule has 1 aromatic carbocycles. The van der Waals surface area contributed by atoms with Crippen LogP contribution in [0.15, 0.2) is 18.2 Å². The van der Waals surface area contributed by atoms with Gasteiger partial charge in [0.25, 0.3) is 0 Å². The van der Waals surface area contributed by atoms with E-state index in [9.17, 15) is 5.11 Å². The predicted octanol–water partition coefficient (Wildman–Crippen LogP) is 3.36. The molecule has 1 aromatic rings. The first kappa shape index (κ1) is 11.4. The molecule has 0 bridgehead atoms. The molecule has 2 atom stereocenters. The van der Waals surface area contributed by atoms with E-state index in [1.165, 1.54) is 12.8 Å². The van der Waals surface area contributed by atoms with Gasteiger partial charge in [-0.1, -0.05) is 30.5 Å². The highest BCUT2D eigenvalue weighted by molar-refractivity contribution is 6.30. The lowest BCUT2D eigenvalue weighted by Gasteiger charge is -2.15. The summed E-state index contributed by atoms with van der Waals surface area (Å²) in [7, 11) is 1.63. The molecule has 0 aromatic heterocycles. The Hall–Kier alpha value is -0.730. The molecule has 0 saturated heterocycles. The fraction of sp³-hybridized carbons (Fsp3) is 0.571. The molecule has 17 heavy (non-hydrogen) atoms. The molecule has 0 heterocycles. The number of rotatable bonds is 2. The second-order valence-corrected chi connectivity index (χ2v) is 5.60. The van der Waals surface area contributed by atoms with Crippen LogP contribution < -0.4 is 4.74 Å². The van der Waals surface area contributed by atoms with Gasteiger partial charge in [-0.3, -0.25) is 0 Å². The molecule has 0 aliphatic heterocycles. The van der Waals surface area contributed by atoms with E-state index < -0.39 is 5.60 Å². The van der Waals surface area contributed by atoms with E-state index in [2.05, 4.69) is 0 Å². The van der Waals surface area contributed by atoms with Crippen molar-refractivity contribution in [2.75, 3.05) is 7.11 Å². The largest absolute Gasteiger partial charge is 0.496 e. The summed E-state index contributed by atoms with van der Waals surface area (Å²) in [6.45, 7) is 0. The van der Waals surface area contributed by atoms with Gasteiger partial charge in [-0.2, -0.15) is 0 Å². The lowest BCUT2D eigenvalue weighted by Crippen LogP contribution is -2.12. The van der Waals surface area contributed by atoms with E-state index in [1.807, 2.05) is 12.1 Å². The maximum absolute atomic E-state index is 10.8. The van der Waals surface area contributed by atoms with Crippen LogP contribution in [0.2, 0.25) is 5.02 Å². The minimum Gasteiger partial charge on any atom is -0.496 e. The first-order valence-electron chi connectivity index (χ1n) is 6.24. The third kappa shape index (κ3) is 1.58. The zero-order valence-electron chi connectivity index (χ0n) is 9.95. The van der Waals surface area contributed by atoms with E-state index in [0.29, 0.717) is 16.9 Å². The van der Waals surface area contributed by atoms with Crippen LogP contribution in [0, 0.1) is 11.8 Å². The van der Waals surface area contributed by atoms with Crippen molar-refractivity contribution in [3.63, 3.8) is 0 Å². The molecule has 2 nitrogen and oxygen atoms in total. The van der Waals surface area contributed by atoms with Gasteiger partial charge in [0.1, 0.15) is 5.75 Å². The number of halogens is 1. The minimum atomic E-state index is -0.660. The Morgan fingerprint density at radius 1 is 1.29 bits per heavy atom. The standard InChI is InChI=1S/C14H17ClO2/c1-17-13-8-9(15)6-7-12(13)14(16)10-4-2-3-5-11(10)14/h6-8,10-11,16H,2-5H2,1H3. The lowest BCUT2D eigenvalue weighted by molar-refractivity contribution is 0.114. The van der Waals surface area contributed by atoms with Crippen LogP contribution in [0.5, 0.6) is 5.75 Å². The molecule has 92 valence electrons. The molecular formula is C14H17ClO2. The van der Waals surface area contributed by atoms with Crippen LogP contribution in [-0.4, -0.2) is 12.2 Å². The van der Waals surface area contributed by atoms with Crippen LogP contribution in [0.1, 0.15) is 31.2 Å². The molecule has 2 unspecified atom stereocenters. The average molecular weight is 253 g/mol. The SMILES string of the molecule is COc1cc(Cl)ccc1C1(O)C2CCCCC21. The minimum absolute atomic E-state index is 0.423. The molecule has 2 saturated carbocycles. The summed E-state index contributed by atoms with van der Waals surface area (Å²) in [6.07, 6.45) is 4.73. The number of aliphatic hydroxyl groups is 1. The maximum atomic E-state index is 10.8.